The van der Waals surface area contributed by atoms with Crippen molar-refractivity contribution in [1.29, 1.82) is 5.41 Å². The second-order valence-corrected chi connectivity index (χ2v) is 4.07. The summed E-state index contributed by atoms with van der Waals surface area (Å²) in [5.74, 6) is 0.720. The van der Waals surface area contributed by atoms with E-state index in [0.717, 1.165) is 0 Å². The van der Waals surface area contributed by atoms with E-state index in [1.54, 1.807) is 18.2 Å². The molecule has 0 atom stereocenters. The van der Waals surface area contributed by atoms with Crippen molar-refractivity contribution in [3.8, 4) is 0 Å². The largest absolute Gasteiger partial charge is 0.384 e. The number of hydrogen-bond donors (Lipinski definition) is 5. The highest BCUT2D eigenvalue weighted by Gasteiger charge is 2.24. The number of nitrogens with two attached hydrogens (primary N) is 3. The van der Waals surface area contributed by atoms with Gasteiger partial charge in [0.25, 0.3) is 0 Å². The number of hydrogen-bond acceptors (Lipinski definition) is 8. The van der Waals surface area contributed by atoms with Crippen LogP contribution in [0.2, 0.25) is 0 Å². The summed E-state index contributed by atoms with van der Waals surface area (Å²) in [6, 6.07) is 0. The van der Waals surface area contributed by atoms with Gasteiger partial charge in [0.1, 0.15) is 17.2 Å². The standard InChI is InChI=1S/C11H11N9/c12-5-3-1-2-4-6(8(13)17-5)18-7-9(14)19-11(15)20-10(7)16-4/h1-3H,(H3,12,13,17)(H5,14,15,16,19,20). The van der Waals surface area contributed by atoms with Crippen LogP contribution in [-0.4, -0.2) is 27.4 Å². The predicted molar refractivity (Wildman–Crippen MR) is 78.1 cm³/mol. The van der Waals surface area contributed by atoms with E-state index in [-0.39, 0.29) is 23.4 Å². The molecule has 2 aliphatic rings. The first-order valence-corrected chi connectivity index (χ1v) is 5.65. The second kappa shape index (κ2) is 4.16. The van der Waals surface area contributed by atoms with Gasteiger partial charge in [-0.1, -0.05) is 6.08 Å². The van der Waals surface area contributed by atoms with Gasteiger partial charge in [-0.2, -0.15) is 9.97 Å². The van der Waals surface area contributed by atoms with Crippen molar-refractivity contribution in [2.75, 3.05) is 16.8 Å². The van der Waals surface area contributed by atoms with Crippen molar-refractivity contribution < 1.29 is 0 Å². The molecule has 0 saturated heterocycles. The van der Waals surface area contributed by atoms with Crippen molar-refractivity contribution in [3.05, 3.63) is 23.9 Å². The van der Waals surface area contributed by atoms with E-state index in [1.807, 2.05) is 0 Å². The number of aliphatic imine (C=N–C) groups is 2. The molecule has 1 aromatic rings. The van der Waals surface area contributed by atoms with Crippen LogP contribution < -0.4 is 22.5 Å². The molecular formula is C11H11N9. The highest BCUT2D eigenvalue weighted by Crippen LogP contribution is 2.34. The third-order valence-corrected chi connectivity index (χ3v) is 2.66. The van der Waals surface area contributed by atoms with Gasteiger partial charge in [-0.3, -0.25) is 5.41 Å². The molecule has 20 heavy (non-hydrogen) atoms. The minimum atomic E-state index is -0.0764. The number of nitrogens with zero attached hydrogens (tertiary/aromatic N) is 4. The Hall–Kier alpha value is -3.23. The molecule has 1 aromatic heterocycles. The summed E-state index contributed by atoms with van der Waals surface area (Å²) in [5, 5.41) is 10.9. The maximum Gasteiger partial charge on any atom is 0.224 e. The number of amidine groups is 2. The molecule has 2 aliphatic heterocycles. The van der Waals surface area contributed by atoms with E-state index in [1.165, 1.54) is 0 Å². The fourth-order valence-electron chi connectivity index (χ4n) is 1.81. The van der Waals surface area contributed by atoms with Crippen LogP contribution >= 0.6 is 0 Å². The zero-order valence-corrected chi connectivity index (χ0v) is 10.3. The maximum absolute atomic E-state index is 7.92. The Balaban J connectivity index is 2.21. The first-order valence-electron chi connectivity index (χ1n) is 5.65. The lowest BCUT2D eigenvalue weighted by Gasteiger charge is -2.20. The lowest BCUT2D eigenvalue weighted by molar-refractivity contribution is 1.16. The number of allylic oxidation sites excluding steroid dienone is 2. The Morgan fingerprint density at radius 1 is 1.10 bits per heavy atom. The minimum absolute atomic E-state index is 0.0479. The molecular weight excluding hydrogens is 258 g/mol. The molecule has 0 amide bonds. The molecule has 0 radical (unpaired) electrons. The number of fused-ring (bicyclic) bond motifs is 2. The summed E-state index contributed by atoms with van der Waals surface area (Å²) in [4.78, 5) is 16.1. The summed E-state index contributed by atoms with van der Waals surface area (Å²) >= 11 is 0. The molecule has 100 valence electrons. The molecule has 0 spiro atoms. The number of nitrogen functional groups attached to an aromatic ring is 2. The van der Waals surface area contributed by atoms with Crippen molar-refractivity contribution in [1.82, 2.24) is 9.97 Å². The molecule has 0 saturated carbocycles. The van der Waals surface area contributed by atoms with Crippen LogP contribution in [0.4, 0.5) is 23.3 Å². The van der Waals surface area contributed by atoms with Crippen molar-refractivity contribution in [2.45, 2.75) is 0 Å². The maximum atomic E-state index is 7.92. The summed E-state index contributed by atoms with van der Waals surface area (Å²) in [6.45, 7) is 0. The molecule has 9 nitrogen and oxygen atoms in total. The topological polar surface area (TPSA) is 164 Å². The molecule has 0 fully saturated rings. The highest BCUT2D eigenvalue weighted by molar-refractivity contribution is 6.49. The van der Waals surface area contributed by atoms with E-state index in [9.17, 15) is 0 Å². The molecule has 0 unspecified atom stereocenters. The van der Waals surface area contributed by atoms with Crippen LogP contribution in [0.3, 0.4) is 0 Å². The molecule has 0 aromatic carbocycles. The monoisotopic (exact) mass is 269 g/mol. The fraction of sp³-hybridized carbons (Fsp3) is 0. The lowest BCUT2D eigenvalue weighted by Crippen LogP contribution is -2.26. The Morgan fingerprint density at radius 3 is 2.70 bits per heavy atom. The number of anilines is 3. The third kappa shape index (κ3) is 1.86. The van der Waals surface area contributed by atoms with Crippen molar-refractivity contribution >= 4 is 40.7 Å². The van der Waals surface area contributed by atoms with Crippen LogP contribution in [-0.2, 0) is 0 Å². The molecule has 9 heteroatoms. The molecule has 3 rings (SSSR count). The van der Waals surface area contributed by atoms with Crippen molar-refractivity contribution in [2.24, 2.45) is 15.7 Å². The smallest absolute Gasteiger partial charge is 0.224 e. The first-order chi connectivity index (χ1) is 9.54. The van der Waals surface area contributed by atoms with Gasteiger partial charge >= 0.3 is 0 Å². The van der Waals surface area contributed by atoms with Crippen LogP contribution in [0, 0.1) is 5.41 Å². The van der Waals surface area contributed by atoms with Gasteiger partial charge in [0.15, 0.2) is 17.5 Å². The Morgan fingerprint density at radius 2 is 1.90 bits per heavy atom. The van der Waals surface area contributed by atoms with Crippen molar-refractivity contribution in [3.63, 3.8) is 0 Å². The second-order valence-electron chi connectivity index (χ2n) is 4.07. The van der Waals surface area contributed by atoms with E-state index in [4.69, 9.17) is 22.6 Å². The van der Waals surface area contributed by atoms with Gasteiger partial charge in [-0.25, -0.2) is 9.98 Å². The van der Waals surface area contributed by atoms with Gasteiger partial charge < -0.3 is 22.5 Å². The van der Waals surface area contributed by atoms with E-state index in [2.05, 4.69) is 25.3 Å². The first kappa shape index (κ1) is 11.8. The molecule has 3 heterocycles. The fourth-order valence-corrected chi connectivity index (χ4v) is 1.81. The lowest BCUT2D eigenvalue weighted by atomic mass is 10.1. The van der Waals surface area contributed by atoms with E-state index >= 15 is 0 Å². The highest BCUT2D eigenvalue weighted by atomic mass is 15.2. The Labute approximate surface area is 113 Å². The quantitative estimate of drug-likeness (QED) is 0.442. The number of aromatic nitrogens is 2. The van der Waals surface area contributed by atoms with Gasteiger partial charge in [-0.15, -0.1) is 0 Å². The van der Waals surface area contributed by atoms with E-state index in [0.29, 0.717) is 22.9 Å². The Kier molecular flexibility index (Phi) is 2.46. The number of nitrogens with one attached hydrogen (secondary N) is 2. The zero-order chi connectivity index (χ0) is 14.3. The molecule has 0 bridgehead atoms. The predicted octanol–water partition coefficient (Wildman–Crippen LogP) is -0.0728. The summed E-state index contributed by atoms with van der Waals surface area (Å²) in [6.07, 6.45) is 4.99. The molecule has 0 aliphatic carbocycles. The number of rotatable bonds is 0. The van der Waals surface area contributed by atoms with Gasteiger partial charge in [0, 0.05) is 0 Å². The molecule has 8 N–H and O–H groups in total. The average molecular weight is 269 g/mol. The van der Waals surface area contributed by atoms with Crippen LogP contribution in [0.25, 0.3) is 0 Å². The summed E-state index contributed by atoms with van der Waals surface area (Å²) in [5.41, 5.74) is 18.1. The normalized spacial score (nSPS) is 16.8. The van der Waals surface area contributed by atoms with Crippen LogP contribution in [0.15, 0.2) is 33.9 Å². The van der Waals surface area contributed by atoms with E-state index < -0.39 is 0 Å². The average Bonchev–Trinajstić information content (AvgIpc) is 2.36. The van der Waals surface area contributed by atoms with Gasteiger partial charge in [-0.05, 0) is 12.2 Å². The van der Waals surface area contributed by atoms with Gasteiger partial charge in [0.05, 0.1) is 5.70 Å². The van der Waals surface area contributed by atoms with Crippen LogP contribution in [0.1, 0.15) is 0 Å². The summed E-state index contributed by atoms with van der Waals surface area (Å²) < 4.78 is 0. The SMILES string of the molecule is N=C1N=C(N)C=CC=C2Nc3nc(N)nc(N)c3N=C12. The van der Waals surface area contributed by atoms with Gasteiger partial charge in [0.2, 0.25) is 5.95 Å². The zero-order valence-electron chi connectivity index (χ0n) is 10.3. The summed E-state index contributed by atoms with van der Waals surface area (Å²) in [7, 11) is 0. The minimum Gasteiger partial charge on any atom is -0.384 e. The van der Waals surface area contributed by atoms with Crippen LogP contribution in [0.5, 0.6) is 0 Å². The third-order valence-electron chi connectivity index (χ3n) is 2.66. The Bertz CT molecular complexity index is 739.